The number of aromatic nitrogens is 2. The number of nitrogens with two attached hydrogens (primary N) is 1. The standard InChI is InChI=1S/C10H17N3/c1-3-9-8(2)10(5-4-6-11)13-7-12-9/h7H,3-6,11H2,1-2H3. The fourth-order valence-corrected chi connectivity index (χ4v) is 1.41. The van der Waals surface area contributed by atoms with E-state index in [2.05, 4.69) is 23.8 Å². The van der Waals surface area contributed by atoms with E-state index in [0.29, 0.717) is 0 Å². The van der Waals surface area contributed by atoms with Crippen LogP contribution in [0.15, 0.2) is 6.33 Å². The van der Waals surface area contributed by atoms with E-state index in [4.69, 9.17) is 5.73 Å². The van der Waals surface area contributed by atoms with Crippen LogP contribution in [0.1, 0.15) is 30.3 Å². The van der Waals surface area contributed by atoms with Crippen LogP contribution in [0.25, 0.3) is 0 Å². The van der Waals surface area contributed by atoms with Gasteiger partial charge in [0.15, 0.2) is 0 Å². The summed E-state index contributed by atoms with van der Waals surface area (Å²) in [5.74, 6) is 0. The highest BCUT2D eigenvalue weighted by Crippen LogP contribution is 2.10. The number of nitrogens with zero attached hydrogens (tertiary/aromatic N) is 2. The van der Waals surface area contributed by atoms with E-state index in [0.717, 1.165) is 37.2 Å². The smallest absolute Gasteiger partial charge is 0.115 e. The molecule has 3 heteroatoms. The minimum Gasteiger partial charge on any atom is -0.330 e. The van der Waals surface area contributed by atoms with Crippen molar-refractivity contribution in [3.63, 3.8) is 0 Å². The number of hydrogen-bond acceptors (Lipinski definition) is 3. The molecular weight excluding hydrogens is 162 g/mol. The monoisotopic (exact) mass is 179 g/mol. The van der Waals surface area contributed by atoms with Crippen LogP contribution in [-0.4, -0.2) is 16.5 Å². The maximum Gasteiger partial charge on any atom is 0.115 e. The summed E-state index contributed by atoms with van der Waals surface area (Å²) in [6.45, 7) is 4.93. The lowest BCUT2D eigenvalue weighted by molar-refractivity contribution is 0.788. The summed E-state index contributed by atoms with van der Waals surface area (Å²) in [4.78, 5) is 8.48. The minimum absolute atomic E-state index is 0.727. The van der Waals surface area contributed by atoms with Gasteiger partial charge < -0.3 is 5.73 Å². The van der Waals surface area contributed by atoms with Crippen LogP contribution >= 0.6 is 0 Å². The minimum atomic E-state index is 0.727. The van der Waals surface area contributed by atoms with E-state index >= 15 is 0 Å². The fourth-order valence-electron chi connectivity index (χ4n) is 1.41. The molecule has 0 aliphatic heterocycles. The summed E-state index contributed by atoms with van der Waals surface area (Å²) in [5.41, 5.74) is 8.99. The first-order valence-electron chi connectivity index (χ1n) is 4.79. The van der Waals surface area contributed by atoms with Crippen molar-refractivity contribution >= 4 is 0 Å². The molecule has 0 saturated heterocycles. The molecule has 1 rings (SSSR count). The van der Waals surface area contributed by atoms with Crippen molar-refractivity contribution in [2.24, 2.45) is 5.73 Å². The number of rotatable bonds is 4. The zero-order chi connectivity index (χ0) is 9.68. The Kier molecular flexibility index (Phi) is 3.83. The summed E-state index contributed by atoms with van der Waals surface area (Å²) in [6, 6.07) is 0. The molecule has 1 heterocycles. The van der Waals surface area contributed by atoms with E-state index in [-0.39, 0.29) is 0 Å². The molecule has 0 aliphatic rings. The highest BCUT2D eigenvalue weighted by Gasteiger charge is 2.03. The lowest BCUT2D eigenvalue weighted by atomic mass is 10.1. The Balaban J connectivity index is 2.81. The molecule has 72 valence electrons. The van der Waals surface area contributed by atoms with Crippen LogP contribution in [0.3, 0.4) is 0 Å². The summed E-state index contributed by atoms with van der Waals surface area (Å²) in [5, 5.41) is 0. The first kappa shape index (κ1) is 10.1. The van der Waals surface area contributed by atoms with Crippen molar-refractivity contribution in [2.75, 3.05) is 6.54 Å². The molecule has 0 saturated carbocycles. The lowest BCUT2D eigenvalue weighted by Gasteiger charge is -2.06. The SMILES string of the molecule is CCc1ncnc(CCCN)c1C. The van der Waals surface area contributed by atoms with Crippen molar-refractivity contribution in [3.05, 3.63) is 23.3 Å². The molecule has 0 aliphatic carbocycles. The molecule has 0 unspecified atom stereocenters. The van der Waals surface area contributed by atoms with Crippen molar-refractivity contribution in [3.8, 4) is 0 Å². The Morgan fingerprint density at radius 1 is 1.31 bits per heavy atom. The Hall–Kier alpha value is -0.960. The lowest BCUT2D eigenvalue weighted by Crippen LogP contribution is -2.05. The number of aryl methyl sites for hydroxylation is 2. The van der Waals surface area contributed by atoms with Crippen molar-refractivity contribution < 1.29 is 0 Å². The summed E-state index contributed by atoms with van der Waals surface area (Å²) in [6.07, 6.45) is 4.60. The van der Waals surface area contributed by atoms with Crippen molar-refractivity contribution in [1.82, 2.24) is 9.97 Å². The molecule has 3 nitrogen and oxygen atoms in total. The first-order valence-corrected chi connectivity index (χ1v) is 4.79. The summed E-state index contributed by atoms with van der Waals surface area (Å²) >= 11 is 0. The van der Waals surface area contributed by atoms with Gasteiger partial charge in [-0.05, 0) is 38.3 Å². The Morgan fingerprint density at radius 2 is 2.00 bits per heavy atom. The summed E-state index contributed by atoms with van der Waals surface area (Å²) in [7, 11) is 0. The van der Waals surface area contributed by atoms with Gasteiger partial charge >= 0.3 is 0 Å². The van der Waals surface area contributed by atoms with E-state index in [9.17, 15) is 0 Å². The molecule has 0 amide bonds. The maximum atomic E-state index is 5.45. The molecule has 0 spiro atoms. The van der Waals surface area contributed by atoms with Crippen LogP contribution in [-0.2, 0) is 12.8 Å². The molecule has 0 fully saturated rings. The van der Waals surface area contributed by atoms with Crippen LogP contribution in [0.4, 0.5) is 0 Å². The molecule has 0 radical (unpaired) electrons. The quantitative estimate of drug-likeness (QED) is 0.756. The van der Waals surface area contributed by atoms with Gasteiger partial charge in [0.1, 0.15) is 6.33 Å². The van der Waals surface area contributed by atoms with Gasteiger partial charge in [0.25, 0.3) is 0 Å². The highest BCUT2D eigenvalue weighted by molar-refractivity contribution is 5.22. The van der Waals surface area contributed by atoms with Gasteiger partial charge in [-0.1, -0.05) is 6.92 Å². The zero-order valence-electron chi connectivity index (χ0n) is 8.38. The van der Waals surface area contributed by atoms with Gasteiger partial charge in [-0.15, -0.1) is 0 Å². The maximum absolute atomic E-state index is 5.45. The molecule has 0 atom stereocenters. The van der Waals surface area contributed by atoms with Gasteiger partial charge in [0.05, 0.1) is 0 Å². The largest absolute Gasteiger partial charge is 0.330 e. The highest BCUT2D eigenvalue weighted by atomic mass is 14.8. The number of hydrogen-bond donors (Lipinski definition) is 1. The van der Waals surface area contributed by atoms with Crippen LogP contribution in [0.2, 0.25) is 0 Å². The van der Waals surface area contributed by atoms with Crippen LogP contribution < -0.4 is 5.73 Å². The van der Waals surface area contributed by atoms with E-state index in [1.54, 1.807) is 6.33 Å². The fraction of sp³-hybridized carbons (Fsp3) is 0.600. The van der Waals surface area contributed by atoms with E-state index < -0.39 is 0 Å². The van der Waals surface area contributed by atoms with Gasteiger partial charge in [-0.3, -0.25) is 0 Å². The van der Waals surface area contributed by atoms with Crippen LogP contribution in [0.5, 0.6) is 0 Å². The van der Waals surface area contributed by atoms with Crippen LogP contribution in [0, 0.1) is 6.92 Å². The second kappa shape index (κ2) is 4.92. The Labute approximate surface area is 79.4 Å². The average molecular weight is 179 g/mol. The topological polar surface area (TPSA) is 51.8 Å². The Morgan fingerprint density at radius 3 is 2.62 bits per heavy atom. The predicted molar refractivity (Wildman–Crippen MR) is 53.5 cm³/mol. The second-order valence-electron chi connectivity index (χ2n) is 3.14. The molecule has 1 aromatic rings. The van der Waals surface area contributed by atoms with Gasteiger partial charge in [-0.25, -0.2) is 9.97 Å². The predicted octanol–water partition coefficient (Wildman–Crippen LogP) is 1.24. The van der Waals surface area contributed by atoms with Crippen molar-refractivity contribution in [1.29, 1.82) is 0 Å². The molecule has 0 bridgehead atoms. The molecule has 2 N–H and O–H groups in total. The third kappa shape index (κ3) is 2.49. The molecular formula is C10H17N3. The van der Waals surface area contributed by atoms with E-state index in [1.807, 2.05) is 0 Å². The zero-order valence-corrected chi connectivity index (χ0v) is 8.38. The average Bonchev–Trinajstić information content (AvgIpc) is 2.16. The second-order valence-corrected chi connectivity index (χ2v) is 3.14. The van der Waals surface area contributed by atoms with Gasteiger partial charge in [-0.2, -0.15) is 0 Å². The molecule has 1 aromatic heterocycles. The van der Waals surface area contributed by atoms with Gasteiger partial charge in [0, 0.05) is 11.4 Å². The summed E-state index contributed by atoms with van der Waals surface area (Å²) < 4.78 is 0. The van der Waals surface area contributed by atoms with E-state index in [1.165, 1.54) is 5.56 Å². The Bertz CT molecular complexity index is 271. The molecule has 13 heavy (non-hydrogen) atoms. The van der Waals surface area contributed by atoms with Crippen molar-refractivity contribution in [2.45, 2.75) is 33.1 Å². The third-order valence-electron chi connectivity index (χ3n) is 2.25. The normalized spacial score (nSPS) is 10.4. The molecule has 0 aromatic carbocycles. The first-order chi connectivity index (χ1) is 6.29. The van der Waals surface area contributed by atoms with Gasteiger partial charge in [0.2, 0.25) is 0 Å². The third-order valence-corrected chi connectivity index (χ3v) is 2.25.